The van der Waals surface area contributed by atoms with Gasteiger partial charge < -0.3 is 28.5 Å². The Hall–Kier alpha value is -2.75. The standard InChI is InChI=1S/C50H89NO8/c1-6-8-10-12-14-16-18-19-20-21-22-23-24-25-26-27-28-29-31-33-35-37-39-41-48(53)59-46(45-58-50(49(54)55)56-43-42-51(3,4)5)44-57-47(52)40-38-36-34-32-30-17-15-13-11-9-7-2/h13,15,18-19,21-22,24-25,46,50H,6-12,14,16-17,20,23,26-45H2,1-5H3/p+1/b15-13-,19-18-,22-21-,25-24-. The lowest BCUT2D eigenvalue weighted by molar-refractivity contribution is -0.870. The van der Waals surface area contributed by atoms with Crippen LogP contribution >= 0.6 is 0 Å². The smallest absolute Gasteiger partial charge is 0.361 e. The van der Waals surface area contributed by atoms with Crippen LogP contribution in [-0.4, -0.2) is 87.4 Å². The molecular weight excluding hydrogens is 743 g/mol. The summed E-state index contributed by atoms with van der Waals surface area (Å²) in [5, 5.41) is 9.63. The van der Waals surface area contributed by atoms with Crippen molar-refractivity contribution >= 4 is 17.9 Å². The van der Waals surface area contributed by atoms with E-state index in [4.69, 9.17) is 18.9 Å². The van der Waals surface area contributed by atoms with Gasteiger partial charge in [0.1, 0.15) is 13.2 Å². The van der Waals surface area contributed by atoms with Gasteiger partial charge in [-0.05, 0) is 70.6 Å². The summed E-state index contributed by atoms with van der Waals surface area (Å²) in [7, 11) is 5.95. The van der Waals surface area contributed by atoms with E-state index in [1.54, 1.807) is 0 Å². The van der Waals surface area contributed by atoms with Crippen LogP contribution in [0.1, 0.15) is 194 Å². The zero-order valence-corrected chi connectivity index (χ0v) is 38.7. The van der Waals surface area contributed by atoms with Gasteiger partial charge in [0, 0.05) is 12.8 Å². The third-order valence-electron chi connectivity index (χ3n) is 10.1. The van der Waals surface area contributed by atoms with E-state index >= 15 is 0 Å². The summed E-state index contributed by atoms with van der Waals surface area (Å²) < 4.78 is 22.7. The second-order valence-corrected chi connectivity index (χ2v) is 17.1. The SMILES string of the molecule is CCCC/C=C\CCCCCCCC(=O)OCC(COC(OCC[N+](C)(C)C)C(=O)O)OC(=O)CCCCCCCCCC/C=C\C/C=C\C/C=C\CCCCCCC. The van der Waals surface area contributed by atoms with Crippen LogP contribution in [0.4, 0.5) is 0 Å². The molecule has 0 saturated carbocycles. The molecule has 0 fully saturated rings. The van der Waals surface area contributed by atoms with Crippen LogP contribution in [0.2, 0.25) is 0 Å². The second-order valence-electron chi connectivity index (χ2n) is 17.1. The predicted octanol–water partition coefficient (Wildman–Crippen LogP) is 12.8. The number of rotatable bonds is 43. The van der Waals surface area contributed by atoms with E-state index < -0.39 is 24.3 Å². The summed E-state index contributed by atoms with van der Waals surface area (Å²) in [5.41, 5.74) is 0. The molecule has 0 heterocycles. The Labute approximate surface area is 362 Å². The van der Waals surface area contributed by atoms with E-state index in [0.29, 0.717) is 17.4 Å². The lowest BCUT2D eigenvalue weighted by Crippen LogP contribution is -2.40. The summed E-state index contributed by atoms with van der Waals surface area (Å²) in [6.45, 7) is 4.79. The van der Waals surface area contributed by atoms with Gasteiger partial charge in [0.05, 0.1) is 34.4 Å². The molecule has 2 atom stereocenters. The topological polar surface area (TPSA) is 108 Å². The molecule has 0 aliphatic carbocycles. The number of esters is 2. The lowest BCUT2D eigenvalue weighted by atomic mass is 10.1. The Balaban J connectivity index is 4.35. The molecular formula is C50H90NO8+. The number of nitrogens with zero attached hydrogens (tertiary/aromatic N) is 1. The molecule has 59 heavy (non-hydrogen) atoms. The van der Waals surface area contributed by atoms with E-state index in [0.717, 1.165) is 83.5 Å². The second kappa shape index (κ2) is 42.0. The van der Waals surface area contributed by atoms with Crippen LogP contribution in [0, 0.1) is 0 Å². The molecule has 0 aliphatic rings. The van der Waals surface area contributed by atoms with Crippen LogP contribution in [0.5, 0.6) is 0 Å². The van der Waals surface area contributed by atoms with Crippen molar-refractivity contribution in [1.29, 1.82) is 0 Å². The van der Waals surface area contributed by atoms with Crippen molar-refractivity contribution in [3.8, 4) is 0 Å². The molecule has 0 bridgehead atoms. The first-order valence-corrected chi connectivity index (χ1v) is 23.8. The highest BCUT2D eigenvalue weighted by Gasteiger charge is 2.25. The highest BCUT2D eigenvalue weighted by molar-refractivity contribution is 5.71. The number of likely N-dealkylation sites (N-methyl/N-ethyl adjacent to an activating group) is 1. The molecule has 0 aromatic heterocycles. The minimum absolute atomic E-state index is 0.183. The Bertz CT molecular complexity index is 1110. The largest absolute Gasteiger partial charge is 0.477 e. The van der Waals surface area contributed by atoms with E-state index in [1.165, 1.54) is 77.0 Å². The summed E-state index contributed by atoms with van der Waals surface area (Å²) in [6.07, 6.45) is 46.0. The molecule has 0 spiro atoms. The average Bonchev–Trinajstić information content (AvgIpc) is 3.19. The van der Waals surface area contributed by atoms with Gasteiger partial charge in [-0.25, -0.2) is 4.79 Å². The first-order valence-electron chi connectivity index (χ1n) is 23.8. The number of carboxylic acids is 1. The number of carbonyl (C=O) groups excluding carboxylic acids is 2. The molecule has 0 aromatic rings. The molecule has 0 radical (unpaired) electrons. The molecule has 342 valence electrons. The molecule has 0 amide bonds. The van der Waals surface area contributed by atoms with Gasteiger partial charge in [-0.15, -0.1) is 0 Å². The maximum Gasteiger partial charge on any atom is 0.361 e. The van der Waals surface area contributed by atoms with Gasteiger partial charge >= 0.3 is 17.9 Å². The van der Waals surface area contributed by atoms with Crippen molar-refractivity contribution in [2.75, 3.05) is 47.5 Å². The fraction of sp³-hybridized carbons (Fsp3) is 0.780. The molecule has 0 saturated heterocycles. The van der Waals surface area contributed by atoms with Crippen LogP contribution < -0.4 is 0 Å². The number of allylic oxidation sites excluding steroid dienone is 8. The Morgan fingerprint density at radius 2 is 0.932 bits per heavy atom. The molecule has 1 N–H and O–H groups in total. The van der Waals surface area contributed by atoms with Gasteiger partial charge in [0.2, 0.25) is 0 Å². The number of aliphatic carboxylic acids is 1. The average molecular weight is 833 g/mol. The number of carboxylic acid groups (broad SMARTS) is 1. The Morgan fingerprint density at radius 3 is 1.42 bits per heavy atom. The summed E-state index contributed by atoms with van der Waals surface area (Å²) in [5.74, 6) is -2.03. The van der Waals surface area contributed by atoms with Crippen molar-refractivity contribution in [3.05, 3.63) is 48.6 Å². The van der Waals surface area contributed by atoms with Crippen LogP contribution in [0.25, 0.3) is 0 Å². The monoisotopic (exact) mass is 833 g/mol. The highest BCUT2D eigenvalue weighted by Crippen LogP contribution is 2.14. The zero-order chi connectivity index (χ0) is 43.5. The first kappa shape index (κ1) is 56.2. The van der Waals surface area contributed by atoms with Gasteiger partial charge in [-0.2, -0.15) is 0 Å². The van der Waals surface area contributed by atoms with Crippen molar-refractivity contribution < 1.29 is 42.9 Å². The van der Waals surface area contributed by atoms with Crippen molar-refractivity contribution in [1.82, 2.24) is 0 Å². The number of unbranched alkanes of at least 4 members (excludes halogenated alkanes) is 20. The number of quaternary nitrogens is 1. The van der Waals surface area contributed by atoms with E-state index in [-0.39, 0.29) is 38.6 Å². The van der Waals surface area contributed by atoms with Gasteiger partial charge in [0.15, 0.2) is 6.10 Å². The maximum absolute atomic E-state index is 12.8. The number of carbonyl (C=O) groups is 3. The van der Waals surface area contributed by atoms with Crippen LogP contribution in [0.15, 0.2) is 48.6 Å². The number of ether oxygens (including phenoxy) is 4. The van der Waals surface area contributed by atoms with Crippen LogP contribution in [0.3, 0.4) is 0 Å². The van der Waals surface area contributed by atoms with Crippen molar-refractivity contribution in [3.63, 3.8) is 0 Å². The van der Waals surface area contributed by atoms with Gasteiger partial charge in [-0.3, -0.25) is 9.59 Å². The van der Waals surface area contributed by atoms with E-state index in [9.17, 15) is 19.5 Å². The molecule has 2 unspecified atom stereocenters. The summed E-state index contributed by atoms with van der Waals surface area (Å²) in [6, 6.07) is 0. The highest BCUT2D eigenvalue weighted by atomic mass is 16.7. The van der Waals surface area contributed by atoms with Gasteiger partial charge in [0.25, 0.3) is 6.29 Å². The third kappa shape index (κ3) is 43.2. The minimum Gasteiger partial charge on any atom is -0.477 e. The fourth-order valence-corrected chi connectivity index (χ4v) is 6.29. The number of hydrogen-bond acceptors (Lipinski definition) is 7. The Morgan fingerprint density at radius 1 is 0.508 bits per heavy atom. The zero-order valence-electron chi connectivity index (χ0n) is 38.7. The molecule has 0 aliphatic heterocycles. The fourth-order valence-electron chi connectivity index (χ4n) is 6.29. The quantitative estimate of drug-likeness (QED) is 0.0213. The third-order valence-corrected chi connectivity index (χ3v) is 10.1. The summed E-state index contributed by atoms with van der Waals surface area (Å²) >= 11 is 0. The van der Waals surface area contributed by atoms with Crippen molar-refractivity contribution in [2.45, 2.75) is 206 Å². The molecule has 9 heteroatoms. The number of hydrogen-bond donors (Lipinski definition) is 1. The maximum atomic E-state index is 12.8. The van der Waals surface area contributed by atoms with E-state index in [2.05, 4.69) is 62.5 Å². The normalized spacial score (nSPS) is 13.3. The van der Waals surface area contributed by atoms with E-state index in [1.807, 2.05) is 21.1 Å². The molecule has 0 rings (SSSR count). The van der Waals surface area contributed by atoms with Gasteiger partial charge in [-0.1, -0.05) is 159 Å². The predicted molar refractivity (Wildman–Crippen MR) is 244 cm³/mol. The molecule has 9 nitrogen and oxygen atoms in total. The van der Waals surface area contributed by atoms with Crippen LogP contribution in [-0.2, 0) is 33.3 Å². The summed E-state index contributed by atoms with van der Waals surface area (Å²) in [4.78, 5) is 37.1. The molecule has 0 aromatic carbocycles. The lowest BCUT2D eigenvalue weighted by Gasteiger charge is -2.25. The minimum atomic E-state index is -1.51. The van der Waals surface area contributed by atoms with Crippen molar-refractivity contribution in [2.24, 2.45) is 0 Å². The Kier molecular flexibility index (Phi) is 40.0. The first-order chi connectivity index (χ1) is 28.6.